The summed E-state index contributed by atoms with van der Waals surface area (Å²) >= 11 is 0. The largest absolute Gasteiger partial charge is 0.444 e. The summed E-state index contributed by atoms with van der Waals surface area (Å²) in [5.41, 5.74) is 2.36. The Morgan fingerprint density at radius 2 is 1.83 bits per heavy atom. The predicted molar refractivity (Wildman–Crippen MR) is 233 cm³/mol. The minimum Gasteiger partial charge on any atom is -0.444 e. The number of sulfonamides is 1. The minimum absolute atomic E-state index is 0.123. The zero-order valence-corrected chi connectivity index (χ0v) is 37.5. The molecule has 0 bridgehead atoms. The molecule has 4 aromatic rings. The van der Waals surface area contributed by atoms with Gasteiger partial charge in [-0.1, -0.05) is 31.8 Å². The number of rotatable bonds is 15. The molecular weight excluding hydrogens is 794 g/mol. The van der Waals surface area contributed by atoms with Crippen LogP contribution in [0, 0.1) is 5.82 Å². The highest BCUT2D eigenvalue weighted by molar-refractivity contribution is 7.93. The summed E-state index contributed by atoms with van der Waals surface area (Å²) in [7, 11) is -4.09. The molecule has 2 fully saturated rings. The van der Waals surface area contributed by atoms with Gasteiger partial charge in [-0.3, -0.25) is 0 Å². The normalized spacial score (nSPS) is 17.3. The average molecular weight is 854 g/mol. The van der Waals surface area contributed by atoms with Gasteiger partial charge in [-0.15, -0.1) is 0 Å². The van der Waals surface area contributed by atoms with Crippen LogP contribution in [0.4, 0.5) is 26.4 Å². The topological polar surface area (TPSA) is 141 Å². The van der Waals surface area contributed by atoms with Crippen LogP contribution in [0.15, 0.2) is 54.9 Å². The van der Waals surface area contributed by atoms with Gasteiger partial charge in [-0.05, 0) is 88.5 Å². The van der Waals surface area contributed by atoms with E-state index in [2.05, 4.69) is 44.7 Å². The lowest BCUT2D eigenvalue weighted by molar-refractivity contribution is 0.0500. The second-order valence-electron chi connectivity index (χ2n) is 17.5. The molecule has 4 heterocycles. The molecule has 0 saturated carbocycles. The Morgan fingerprint density at radius 3 is 2.53 bits per heavy atom. The number of aromatic nitrogens is 3. The molecule has 2 aromatic carbocycles. The van der Waals surface area contributed by atoms with Crippen molar-refractivity contribution in [1.82, 2.24) is 19.9 Å². The minimum atomic E-state index is -4.14. The maximum atomic E-state index is 16.6. The number of piperidine rings is 1. The first-order valence-electron chi connectivity index (χ1n) is 20.3. The van der Waals surface area contributed by atoms with Crippen molar-refractivity contribution in [2.45, 2.75) is 89.8 Å². The fraction of sp³-hybridized carbons (Fsp3) is 0.548. The number of hydrogen-bond donors (Lipinski definition) is 1. The first-order chi connectivity index (χ1) is 27.9. The Labute approximate surface area is 349 Å². The number of nitrogens with one attached hydrogen (secondary N) is 1. The monoisotopic (exact) mass is 853 g/mol. The van der Waals surface area contributed by atoms with Gasteiger partial charge in [-0.2, -0.15) is 0 Å². The summed E-state index contributed by atoms with van der Waals surface area (Å²) in [6, 6.07) is 14.6. The van der Waals surface area contributed by atoms with Crippen LogP contribution >= 0.6 is 0 Å². The van der Waals surface area contributed by atoms with Crippen molar-refractivity contribution in [2.24, 2.45) is 0 Å². The standard InChI is InChI=1S/C42H60FN7O7SSi/c1-30(31-11-9-13-33(23-31)48-16-10-12-32(26-48)46-41(51)57-42(2,3)4)58(52,53)50(29-54-5)34-14-15-35(37(43)24-34)38-25-36-39(47-17-19-55-20-18-47)44-27-45-40(36)49(38)28-56-21-22-59(6,7)8/h9,11,13-15,23-25,27,30,32H,10,12,16-22,26,28-29H2,1-8H3,(H,46,51)/t30?,32-/m1/s1. The van der Waals surface area contributed by atoms with E-state index < -0.39 is 40.9 Å². The molecule has 2 atom stereocenters. The number of fused-ring (bicyclic) bond motifs is 1. The molecule has 0 radical (unpaired) electrons. The van der Waals surface area contributed by atoms with Crippen molar-refractivity contribution in [3.05, 3.63) is 66.2 Å². The van der Waals surface area contributed by atoms with Gasteiger partial charge in [0.15, 0.2) is 0 Å². The molecular formula is C42H60FN7O7SSi. The van der Waals surface area contributed by atoms with Gasteiger partial charge < -0.3 is 38.6 Å². The fourth-order valence-electron chi connectivity index (χ4n) is 7.39. The molecule has 2 aromatic heterocycles. The van der Waals surface area contributed by atoms with E-state index in [1.807, 2.05) is 49.6 Å². The van der Waals surface area contributed by atoms with E-state index in [0.29, 0.717) is 56.4 Å². The number of carbonyl (C=O) groups excluding carboxylic acids is 1. The van der Waals surface area contributed by atoms with Gasteiger partial charge in [0.05, 0.1) is 30.0 Å². The number of nitrogens with zero attached hydrogens (tertiary/aromatic N) is 6. The van der Waals surface area contributed by atoms with Crippen LogP contribution in [0.1, 0.15) is 51.3 Å². The molecule has 17 heteroatoms. The van der Waals surface area contributed by atoms with E-state index in [1.54, 1.807) is 25.1 Å². The van der Waals surface area contributed by atoms with Crippen molar-refractivity contribution in [3.8, 4) is 11.3 Å². The Morgan fingerprint density at radius 1 is 1.07 bits per heavy atom. The number of methoxy groups -OCH3 is 1. The lowest BCUT2D eigenvalue weighted by Gasteiger charge is -2.35. The van der Waals surface area contributed by atoms with Crippen LogP contribution in [0.25, 0.3) is 22.3 Å². The highest BCUT2D eigenvalue weighted by Gasteiger charge is 2.33. The highest BCUT2D eigenvalue weighted by atomic mass is 32.2. The van der Waals surface area contributed by atoms with Crippen molar-refractivity contribution in [1.29, 1.82) is 0 Å². The fourth-order valence-corrected chi connectivity index (χ4v) is 9.67. The zero-order valence-electron chi connectivity index (χ0n) is 35.7. The van der Waals surface area contributed by atoms with E-state index in [1.165, 1.54) is 19.5 Å². The second-order valence-corrected chi connectivity index (χ2v) is 25.3. The van der Waals surface area contributed by atoms with E-state index >= 15 is 4.39 Å². The van der Waals surface area contributed by atoms with Crippen LogP contribution in [0.2, 0.25) is 25.7 Å². The number of carbonyl (C=O) groups is 1. The smallest absolute Gasteiger partial charge is 0.407 e. The van der Waals surface area contributed by atoms with Crippen molar-refractivity contribution < 1.29 is 36.6 Å². The first-order valence-corrected chi connectivity index (χ1v) is 25.6. The molecule has 2 aliphatic heterocycles. The zero-order chi connectivity index (χ0) is 42.5. The number of morpholine rings is 1. The summed E-state index contributed by atoms with van der Waals surface area (Å²) in [6.07, 6.45) is 2.71. The molecule has 2 aliphatic rings. The Hall–Kier alpha value is -4.29. The highest BCUT2D eigenvalue weighted by Crippen LogP contribution is 2.37. The van der Waals surface area contributed by atoms with Gasteiger partial charge in [0.1, 0.15) is 47.9 Å². The summed E-state index contributed by atoms with van der Waals surface area (Å²) in [4.78, 5) is 26.0. The SMILES string of the molecule is COCN(c1ccc(-c2cc3c(N4CCOCC4)ncnc3n2COCC[Si](C)(C)C)c(F)c1)S(=O)(=O)C(C)c1cccc(N2CCC[C@@H](NC(=O)OC(C)(C)C)C2)c1. The molecule has 14 nitrogen and oxygen atoms in total. The maximum Gasteiger partial charge on any atom is 0.407 e. The number of ether oxygens (including phenoxy) is 4. The third-order valence-corrected chi connectivity index (χ3v) is 14.4. The molecule has 1 N–H and O–H groups in total. The molecule has 6 rings (SSSR count). The first kappa shape index (κ1) is 44.3. The van der Waals surface area contributed by atoms with Crippen LogP contribution < -0.4 is 19.4 Å². The molecule has 1 amide bonds. The lowest BCUT2D eigenvalue weighted by Crippen LogP contribution is -2.49. The Bertz CT molecular complexity index is 2190. The molecule has 59 heavy (non-hydrogen) atoms. The maximum absolute atomic E-state index is 16.6. The molecule has 2 saturated heterocycles. The number of halogens is 1. The third kappa shape index (κ3) is 10.9. The number of anilines is 3. The second kappa shape index (κ2) is 18.5. The van der Waals surface area contributed by atoms with Crippen LogP contribution in [-0.4, -0.2) is 109 Å². The Balaban J connectivity index is 1.27. The predicted octanol–water partition coefficient (Wildman–Crippen LogP) is 7.38. The summed E-state index contributed by atoms with van der Waals surface area (Å²) in [6.45, 7) is 18.2. The quantitative estimate of drug-likeness (QED) is 0.0728. The molecule has 0 spiro atoms. The van der Waals surface area contributed by atoms with Crippen molar-refractivity contribution >= 4 is 52.4 Å². The van der Waals surface area contributed by atoms with Crippen molar-refractivity contribution in [2.75, 3.05) is 73.9 Å². The van der Waals surface area contributed by atoms with E-state index in [-0.39, 0.29) is 30.8 Å². The van der Waals surface area contributed by atoms with E-state index in [0.717, 1.165) is 46.6 Å². The van der Waals surface area contributed by atoms with Crippen molar-refractivity contribution in [3.63, 3.8) is 0 Å². The lowest BCUT2D eigenvalue weighted by atomic mass is 10.0. The summed E-state index contributed by atoms with van der Waals surface area (Å²) in [5.74, 6) is 0.130. The molecule has 0 aliphatic carbocycles. The van der Waals surface area contributed by atoms with Gasteiger partial charge in [0, 0.05) is 65.3 Å². The molecule has 1 unspecified atom stereocenters. The van der Waals surface area contributed by atoms with Gasteiger partial charge >= 0.3 is 6.09 Å². The number of hydrogen-bond acceptors (Lipinski definition) is 11. The third-order valence-electron chi connectivity index (χ3n) is 10.6. The van der Waals surface area contributed by atoms with E-state index in [4.69, 9.17) is 18.9 Å². The van der Waals surface area contributed by atoms with Gasteiger partial charge in [0.2, 0.25) is 10.0 Å². The number of amides is 1. The average Bonchev–Trinajstić information content (AvgIpc) is 3.55. The molecule has 322 valence electrons. The van der Waals surface area contributed by atoms with Crippen LogP contribution in [0.3, 0.4) is 0 Å². The van der Waals surface area contributed by atoms with Crippen LogP contribution in [-0.2, 0) is 35.7 Å². The number of benzene rings is 2. The van der Waals surface area contributed by atoms with Gasteiger partial charge in [-0.25, -0.2) is 31.9 Å². The summed E-state index contributed by atoms with van der Waals surface area (Å²) < 4.78 is 71.1. The van der Waals surface area contributed by atoms with Crippen LogP contribution in [0.5, 0.6) is 0 Å². The van der Waals surface area contributed by atoms with E-state index in [9.17, 15) is 13.2 Å². The Kier molecular flexibility index (Phi) is 13.9. The number of alkyl carbamates (subject to hydrolysis) is 1. The summed E-state index contributed by atoms with van der Waals surface area (Å²) in [5, 5.41) is 2.74. The van der Waals surface area contributed by atoms with Gasteiger partial charge in [0.25, 0.3) is 0 Å².